The second kappa shape index (κ2) is 4.13. The Morgan fingerprint density at radius 1 is 1.14 bits per heavy atom. The predicted molar refractivity (Wildman–Crippen MR) is 49.5 cm³/mol. The van der Waals surface area contributed by atoms with E-state index < -0.39 is 17.6 Å². The highest BCUT2D eigenvalue weighted by Gasteiger charge is 2.29. The normalized spacial score (nSPS) is 13.1. The third kappa shape index (κ3) is 2.57. The zero-order valence-electron chi connectivity index (χ0n) is 6.78. The lowest BCUT2D eigenvalue weighted by molar-refractivity contribution is -0.137. The molecule has 0 aliphatic rings. The lowest BCUT2D eigenvalue weighted by atomic mass is 10.1. The van der Waals surface area contributed by atoms with Gasteiger partial charge in [-0.15, -0.1) is 0 Å². The average molecular weight is 269 g/mol. The minimum absolute atomic E-state index is 0.106. The summed E-state index contributed by atoms with van der Waals surface area (Å²) in [4.78, 5) is 1.01. The van der Waals surface area contributed by atoms with Crippen molar-refractivity contribution in [2.75, 3.05) is 0 Å². The third-order valence-electron chi connectivity index (χ3n) is 1.58. The minimum atomic E-state index is -4.38. The maximum absolute atomic E-state index is 12.8. The molecular formula is C9H5BrF4. The second-order valence-corrected chi connectivity index (χ2v) is 2.99. The molecule has 0 aliphatic heterocycles. The summed E-state index contributed by atoms with van der Waals surface area (Å²) in [5.74, 6) is -0.612. The van der Waals surface area contributed by atoms with Gasteiger partial charge in [-0.05, 0) is 12.1 Å². The summed E-state index contributed by atoms with van der Waals surface area (Å²) < 4.78 is 49.1. The van der Waals surface area contributed by atoms with E-state index in [1.54, 1.807) is 0 Å². The molecule has 0 atom stereocenters. The molecule has 0 unspecified atom stereocenters. The van der Waals surface area contributed by atoms with E-state index in [9.17, 15) is 17.6 Å². The Labute approximate surface area is 86.4 Å². The molecule has 0 nitrogen and oxygen atoms in total. The average Bonchev–Trinajstić information content (AvgIpc) is 2.15. The van der Waals surface area contributed by atoms with Gasteiger partial charge in [0.1, 0.15) is 5.83 Å². The summed E-state index contributed by atoms with van der Waals surface area (Å²) in [7, 11) is 0. The van der Waals surface area contributed by atoms with E-state index in [2.05, 4.69) is 15.9 Å². The van der Waals surface area contributed by atoms with Crippen LogP contribution in [0.2, 0.25) is 0 Å². The molecule has 76 valence electrons. The number of hydrogen-bond acceptors (Lipinski definition) is 0. The van der Waals surface area contributed by atoms with E-state index in [-0.39, 0.29) is 5.56 Å². The van der Waals surface area contributed by atoms with Gasteiger partial charge >= 0.3 is 6.18 Å². The monoisotopic (exact) mass is 268 g/mol. The van der Waals surface area contributed by atoms with Crippen molar-refractivity contribution in [1.29, 1.82) is 0 Å². The van der Waals surface area contributed by atoms with Crippen molar-refractivity contribution < 1.29 is 17.6 Å². The largest absolute Gasteiger partial charge is 0.416 e. The number of benzene rings is 1. The fraction of sp³-hybridized carbons (Fsp3) is 0.111. The first-order chi connectivity index (χ1) is 6.45. The van der Waals surface area contributed by atoms with Crippen LogP contribution in [0.5, 0.6) is 0 Å². The zero-order valence-corrected chi connectivity index (χ0v) is 8.36. The smallest absolute Gasteiger partial charge is 0.206 e. The summed E-state index contributed by atoms with van der Waals surface area (Å²) in [5.41, 5.74) is -0.682. The van der Waals surface area contributed by atoms with Crippen molar-refractivity contribution in [2.24, 2.45) is 0 Å². The molecule has 1 aromatic carbocycles. The molecule has 0 heterocycles. The fourth-order valence-corrected chi connectivity index (χ4v) is 1.15. The van der Waals surface area contributed by atoms with Crippen molar-refractivity contribution in [3.8, 4) is 0 Å². The number of hydrogen-bond donors (Lipinski definition) is 0. The molecule has 0 radical (unpaired) electrons. The molecule has 0 fully saturated rings. The predicted octanol–water partition coefficient (Wildman–Crippen LogP) is 4.37. The van der Waals surface area contributed by atoms with Crippen LogP contribution in [0.25, 0.3) is 5.83 Å². The van der Waals surface area contributed by atoms with Gasteiger partial charge in [0.2, 0.25) is 0 Å². The van der Waals surface area contributed by atoms with Crippen LogP contribution in [0.3, 0.4) is 0 Å². The molecule has 5 heteroatoms. The quantitative estimate of drug-likeness (QED) is 0.664. The van der Waals surface area contributed by atoms with Crippen LogP contribution in [-0.2, 0) is 6.18 Å². The van der Waals surface area contributed by atoms with Crippen molar-refractivity contribution in [3.63, 3.8) is 0 Å². The minimum Gasteiger partial charge on any atom is -0.206 e. The van der Waals surface area contributed by atoms with Crippen LogP contribution in [0.4, 0.5) is 17.6 Å². The lowest BCUT2D eigenvalue weighted by Crippen LogP contribution is -2.04. The SMILES string of the molecule is F/C(=C\Br)c1ccc(C(F)(F)F)cc1. The van der Waals surface area contributed by atoms with Gasteiger partial charge < -0.3 is 0 Å². The Hall–Kier alpha value is -0.840. The topological polar surface area (TPSA) is 0 Å². The fourth-order valence-electron chi connectivity index (χ4n) is 0.881. The van der Waals surface area contributed by atoms with Crippen LogP contribution < -0.4 is 0 Å². The molecule has 1 aromatic rings. The Bertz CT molecular complexity index is 337. The van der Waals surface area contributed by atoms with E-state index >= 15 is 0 Å². The molecule has 14 heavy (non-hydrogen) atoms. The van der Waals surface area contributed by atoms with E-state index in [0.717, 1.165) is 29.3 Å². The molecule has 0 saturated carbocycles. The Morgan fingerprint density at radius 3 is 2.00 bits per heavy atom. The summed E-state index contributed by atoms with van der Waals surface area (Å²) in [5, 5.41) is 0. The maximum atomic E-state index is 12.8. The molecule has 0 aliphatic carbocycles. The summed E-state index contributed by atoms with van der Waals surface area (Å²) >= 11 is 2.75. The molecule has 0 bridgehead atoms. The van der Waals surface area contributed by atoms with Crippen molar-refractivity contribution in [3.05, 3.63) is 40.4 Å². The Balaban J connectivity index is 3.01. The van der Waals surface area contributed by atoms with Gasteiger partial charge in [-0.1, -0.05) is 28.1 Å². The highest BCUT2D eigenvalue weighted by molar-refractivity contribution is 9.11. The van der Waals surface area contributed by atoms with Gasteiger partial charge in [0, 0.05) is 10.5 Å². The molecule has 0 aromatic heterocycles. The highest BCUT2D eigenvalue weighted by Crippen LogP contribution is 2.30. The van der Waals surface area contributed by atoms with Crippen LogP contribution in [0.1, 0.15) is 11.1 Å². The number of rotatable bonds is 1. The molecule has 0 amide bonds. The molecule has 0 spiro atoms. The number of alkyl halides is 3. The first-order valence-electron chi connectivity index (χ1n) is 3.58. The van der Waals surface area contributed by atoms with E-state index in [4.69, 9.17) is 0 Å². The van der Waals surface area contributed by atoms with Crippen LogP contribution in [0.15, 0.2) is 29.3 Å². The zero-order chi connectivity index (χ0) is 10.8. The van der Waals surface area contributed by atoms with Crippen LogP contribution in [-0.4, -0.2) is 0 Å². The summed E-state index contributed by atoms with van der Waals surface area (Å²) in [6.07, 6.45) is -4.38. The van der Waals surface area contributed by atoms with Gasteiger partial charge in [-0.2, -0.15) is 13.2 Å². The Kier molecular flexibility index (Phi) is 3.31. The third-order valence-corrected chi connectivity index (χ3v) is 1.99. The van der Waals surface area contributed by atoms with Gasteiger partial charge in [0.15, 0.2) is 0 Å². The lowest BCUT2D eigenvalue weighted by Gasteiger charge is -2.06. The first-order valence-corrected chi connectivity index (χ1v) is 4.50. The molecule has 1 rings (SSSR count). The van der Waals surface area contributed by atoms with Gasteiger partial charge in [-0.25, -0.2) is 4.39 Å². The van der Waals surface area contributed by atoms with Gasteiger partial charge in [0.05, 0.1) is 5.56 Å². The van der Waals surface area contributed by atoms with Crippen molar-refractivity contribution >= 4 is 21.8 Å². The second-order valence-electron chi connectivity index (χ2n) is 2.53. The standard InChI is InChI=1S/C9H5BrF4/c10-5-8(11)6-1-3-7(4-2-6)9(12,13)14/h1-5H/b8-5-. The first kappa shape index (κ1) is 11.2. The molecule has 0 saturated heterocycles. The van der Waals surface area contributed by atoms with E-state index in [1.807, 2.05) is 0 Å². The van der Waals surface area contributed by atoms with Gasteiger partial charge in [-0.3, -0.25) is 0 Å². The summed E-state index contributed by atoms with van der Waals surface area (Å²) in [6.45, 7) is 0. The highest BCUT2D eigenvalue weighted by atomic mass is 79.9. The molecule has 0 N–H and O–H groups in total. The summed E-state index contributed by atoms with van der Waals surface area (Å²) in [6, 6.07) is 3.84. The van der Waals surface area contributed by atoms with Crippen molar-refractivity contribution in [2.45, 2.75) is 6.18 Å². The maximum Gasteiger partial charge on any atom is 0.416 e. The van der Waals surface area contributed by atoms with E-state index in [1.165, 1.54) is 0 Å². The van der Waals surface area contributed by atoms with E-state index in [0.29, 0.717) is 0 Å². The Morgan fingerprint density at radius 2 is 1.64 bits per heavy atom. The van der Waals surface area contributed by atoms with Gasteiger partial charge in [0.25, 0.3) is 0 Å². The van der Waals surface area contributed by atoms with Crippen molar-refractivity contribution in [1.82, 2.24) is 0 Å². The van der Waals surface area contributed by atoms with Crippen LogP contribution >= 0.6 is 15.9 Å². The number of halogens is 5. The molecular weight excluding hydrogens is 264 g/mol. The van der Waals surface area contributed by atoms with Crippen LogP contribution in [0, 0.1) is 0 Å².